The van der Waals surface area contributed by atoms with Gasteiger partial charge in [-0.3, -0.25) is 14.6 Å². The minimum absolute atomic E-state index is 0.0143. The Labute approximate surface area is 162 Å². The summed E-state index contributed by atoms with van der Waals surface area (Å²) in [6.45, 7) is -0.313. The highest BCUT2D eigenvalue weighted by Crippen LogP contribution is 2.18. The molecule has 0 aliphatic carbocycles. The maximum Gasteiger partial charge on any atom is 0.263 e. The van der Waals surface area contributed by atoms with E-state index in [9.17, 15) is 14.0 Å². The summed E-state index contributed by atoms with van der Waals surface area (Å²) in [5.74, 6) is -0.954. The number of benzene rings is 1. The Kier molecular flexibility index (Phi) is 4.89. The zero-order valence-electron chi connectivity index (χ0n) is 14.8. The maximum atomic E-state index is 13.7. The van der Waals surface area contributed by atoms with Gasteiger partial charge in [0.05, 0.1) is 11.9 Å². The zero-order chi connectivity index (χ0) is 20.2. The molecule has 0 atom stereocenters. The first-order chi connectivity index (χ1) is 14.1. The lowest BCUT2D eigenvalue weighted by Gasteiger charge is -2.08. The SMILES string of the molecule is O=C(Cn1cccc(-c2nc(-c3cnccn3)no2)c1=O)Nc1ccccc1F. The van der Waals surface area contributed by atoms with E-state index in [4.69, 9.17) is 4.52 Å². The maximum absolute atomic E-state index is 13.7. The highest BCUT2D eigenvalue weighted by atomic mass is 19.1. The second kappa shape index (κ2) is 7.80. The molecular weight excluding hydrogens is 379 g/mol. The van der Waals surface area contributed by atoms with Crippen molar-refractivity contribution in [2.75, 3.05) is 5.32 Å². The van der Waals surface area contributed by atoms with E-state index in [1.807, 2.05) is 0 Å². The standard InChI is InChI=1S/C19H13FN6O3/c20-13-5-1-2-6-14(13)23-16(27)11-26-9-3-4-12(19(26)28)18-24-17(25-29-18)15-10-21-7-8-22-15/h1-10H,11H2,(H,23,27). The average Bonchev–Trinajstić information content (AvgIpc) is 3.22. The van der Waals surface area contributed by atoms with Gasteiger partial charge in [0.1, 0.15) is 23.6 Å². The van der Waals surface area contributed by atoms with Crippen LogP contribution in [0.15, 0.2) is 70.5 Å². The Hall–Kier alpha value is -4.21. The molecule has 29 heavy (non-hydrogen) atoms. The fraction of sp³-hybridized carbons (Fsp3) is 0.0526. The van der Waals surface area contributed by atoms with Gasteiger partial charge in [0.15, 0.2) is 0 Å². The van der Waals surface area contributed by atoms with E-state index >= 15 is 0 Å². The largest absolute Gasteiger partial charge is 0.333 e. The van der Waals surface area contributed by atoms with Gasteiger partial charge < -0.3 is 14.4 Å². The quantitative estimate of drug-likeness (QED) is 0.553. The average molecular weight is 392 g/mol. The molecule has 0 bridgehead atoms. The van der Waals surface area contributed by atoms with Crippen LogP contribution in [0.3, 0.4) is 0 Å². The monoisotopic (exact) mass is 392 g/mol. The van der Waals surface area contributed by atoms with Gasteiger partial charge in [0.2, 0.25) is 11.7 Å². The van der Waals surface area contributed by atoms with E-state index in [1.165, 1.54) is 49.1 Å². The normalized spacial score (nSPS) is 10.7. The summed E-state index contributed by atoms with van der Waals surface area (Å²) in [4.78, 5) is 37.1. The van der Waals surface area contributed by atoms with Crippen LogP contribution < -0.4 is 10.9 Å². The fourth-order valence-electron chi connectivity index (χ4n) is 2.58. The number of para-hydroxylation sites is 1. The molecule has 0 radical (unpaired) electrons. The Morgan fingerprint density at radius 1 is 1.17 bits per heavy atom. The summed E-state index contributed by atoms with van der Waals surface area (Å²) in [7, 11) is 0. The lowest BCUT2D eigenvalue weighted by Crippen LogP contribution is -2.28. The molecular formula is C19H13FN6O3. The molecule has 3 heterocycles. The lowest BCUT2D eigenvalue weighted by atomic mass is 10.2. The van der Waals surface area contributed by atoms with Gasteiger partial charge in [-0.15, -0.1) is 0 Å². The third-order valence-electron chi connectivity index (χ3n) is 3.93. The van der Waals surface area contributed by atoms with Gasteiger partial charge >= 0.3 is 0 Å². The smallest absolute Gasteiger partial charge is 0.263 e. The van der Waals surface area contributed by atoms with E-state index in [2.05, 4.69) is 25.4 Å². The van der Waals surface area contributed by atoms with Gasteiger partial charge in [-0.2, -0.15) is 4.98 Å². The summed E-state index contributed by atoms with van der Waals surface area (Å²) in [6.07, 6.45) is 5.89. The fourth-order valence-corrected chi connectivity index (χ4v) is 2.58. The van der Waals surface area contributed by atoms with Crippen LogP contribution >= 0.6 is 0 Å². The lowest BCUT2D eigenvalue weighted by molar-refractivity contribution is -0.116. The van der Waals surface area contributed by atoms with Crippen LogP contribution in [0.1, 0.15) is 0 Å². The Balaban J connectivity index is 1.57. The van der Waals surface area contributed by atoms with Crippen LogP contribution in [-0.2, 0) is 11.3 Å². The minimum atomic E-state index is -0.565. The number of hydrogen-bond donors (Lipinski definition) is 1. The molecule has 0 spiro atoms. The van der Waals surface area contributed by atoms with Crippen molar-refractivity contribution < 1.29 is 13.7 Å². The van der Waals surface area contributed by atoms with Crippen LogP contribution in [-0.4, -0.2) is 30.6 Å². The topological polar surface area (TPSA) is 116 Å². The van der Waals surface area contributed by atoms with Crippen molar-refractivity contribution >= 4 is 11.6 Å². The minimum Gasteiger partial charge on any atom is -0.333 e. The Morgan fingerprint density at radius 3 is 2.83 bits per heavy atom. The number of hydrogen-bond acceptors (Lipinski definition) is 7. The summed E-state index contributed by atoms with van der Waals surface area (Å²) in [5, 5.41) is 6.23. The predicted octanol–water partition coefficient (Wildman–Crippen LogP) is 2.13. The Bertz CT molecular complexity index is 1220. The van der Waals surface area contributed by atoms with E-state index in [0.717, 1.165) is 4.57 Å². The van der Waals surface area contributed by atoms with E-state index in [-0.39, 0.29) is 29.5 Å². The number of anilines is 1. The molecule has 4 aromatic rings. The van der Waals surface area contributed by atoms with E-state index in [0.29, 0.717) is 5.69 Å². The third-order valence-corrected chi connectivity index (χ3v) is 3.93. The summed E-state index contributed by atoms with van der Waals surface area (Å²) < 4.78 is 20.0. The molecule has 1 N–H and O–H groups in total. The summed E-state index contributed by atoms with van der Waals surface area (Å²) in [6, 6.07) is 8.83. The summed E-state index contributed by atoms with van der Waals surface area (Å²) in [5.41, 5.74) is 0.0367. The van der Waals surface area contributed by atoms with Crippen LogP contribution in [0, 0.1) is 5.82 Å². The molecule has 9 nitrogen and oxygen atoms in total. The second-order valence-electron chi connectivity index (χ2n) is 5.90. The molecule has 0 aliphatic heterocycles. The molecule has 0 saturated heterocycles. The van der Waals surface area contributed by atoms with Crippen LogP contribution in [0.4, 0.5) is 10.1 Å². The predicted molar refractivity (Wildman–Crippen MR) is 100 cm³/mol. The number of rotatable bonds is 5. The first kappa shape index (κ1) is 18.2. The van der Waals surface area contributed by atoms with E-state index < -0.39 is 17.3 Å². The molecule has 0 saturated carbocycles. The molecule has 1 amide bonds. The van der Waals surface area contributed by atoms with Crippen LogP contribution in [0.2, 0.25) is 0 Å². The summed E-state index contributed by atoms with van der Waals surface area (Å²) >= 11 is 0. The molecule has 4 rings (SSSR count). The number of amides is 1. The molecule has 1 aromatic carbocycles. The van der Waals surface area contributed by atoms with Crippen LogP contribution in [0.5, 0.6) is 0 Å². The van der Waals surface area contributed by atoms with Crippen molar-refractivity contribution in [1.29, 1.82) is 0 Å². The Morgan fingerprint density at radius 2 is 2.03 bits per heavy atom. The van der Waals surface area contributed by atoms with Crippen LogP contribution in [0.25, 0.3) is 23.0 Å². The number of carbonyl (C=O) groups excluding carboxylic acids is 1. The molecule has 0 unspecified atom stereocenters. The van der Waals surface area contributed by atoms with Gasteiger partial charge in [-0.25, -0.2) is 9.37 Å². The molecule has 10 heteroatoms. The second-order valence-corrected chi connectivity index (χ2v) is 5.90. The molecule has 0 aliphatic rings. The van der Waals surface area contributed by atoms with Gasteiger partial charge in [0, 0.05) is 18.6 Å². The van der Waals surface area contributed by atoms with Crippen molar-refractivity contribution in [1.82, 2.24) is 24.7 Å². The van der Waals surface area contributed by atoms with Crippen molar-refractivity contribution in [2.45, 2.75) is 6.54 Å². The van der Waals surface area contributed by atoms with Gasteiger partial charge in [-0.05, 0) is 24.3 Å². The van der Waals surface area contributed by atoms with E-state index in [1.54, 1.807) is 12.1 Å². The van der Waals surface area contributed by atoms with Crippen molar-refractivity contribution in [3.05, 3.63) is 77.4 Å². The first-order valence-electron chi connectivity index (χ1n) is 8.46. The molecule has 144 valence electrons. The van der Waals surface area contributed by atoms with Crippen molar-refractivity contribution in [3.8, 4) is 23.0 Å². The molecule has 0 fully saturated rings. The van der Waals surface area contributed by atoms with Crippen molar-refractivity contribution in [2.24, 2.45) is 0 Å². The number of pyridine rings is 1. The number of nitrogens with one attached hydrogen (secondary N) is 1. The van der Waals surface area contributed by atoms with Gasteiger partial charge in [0.25, 0.3) is 11.4 Å². The number of halogens is 1. The molecule has 3 aromatic heterocycles. The van der Waals surface area contributed by atoms with Gasteiger partial charge in [-0.1, -0.05) is 17.3 Å². The number of aromatic nitrogens is 5. The number of carbonyl (C=O) groups is 1. The number of nitrogens with zero attached hydrogens (tertiary/aromatic N) is 5. The first-order valence-corrected chi connectivity index (χ1v) is 8.46. The highest BCUT2D eigenvalue weighted by Gasteiger charge is 2.16. The third kappa shape index (κ3) is 3.90. The van der Waals surface area contributed by atoms with Crippen molar-refractivity contribution in [3.63, 3.8) is 0 Å². The zero-order valence-corrected chi connectivity index (χ0v) is 14.8. The highest BCUT2D eigenvalue weighted by molar-refractivity contribution is 5.90.